The van der Waals surface area contributed by atoms with E-state index in [2.05, 4.69) is 4.98 Å². The number of ether oxygens (including phenoxy) is 2. The minimum atomic E-state index is -0.441. The topological polar surface area (TPSA) is 56.6 Å². The zero-order chi connectivity index (χ0) is 20.8. The van der Waals surface area contributed by atoms with Crippen LogP contribution in [0.15, 0.2) is 97.6 Å². The van der Waals surface area contributed by atoms with Gasteiger partial charge in [0.05, 0.1) is 6.33 Å². The van der Waals surface area contributed by atoms with E-state index in [1.54, 1.807) is 31.7 Å². The Labute approximate surface area is 174 Å². The van der Waals surface area contributed by atoms with Crippen molar-refractivity contribution in [1.82, 2.24) is 9.55 Å². The molecule has 30 heavy (non-hydrogen) atoms. The molecule has 0 saturated carbocycles. The smallest absolute Gasteiger partial charge is 0.419 e. The predicted molar refractivity (Wildman–Crippen MR) is 115 cm³/mol. The fourth-order valence-corrected chi connectivity index (χ4v) is 2.87. The number of anilines is 1. The van der Waals surface area contributed by atoms with Crippen LogP contribution in [0.2, 0.25) is 0 Å². The molecule has 6 heteroatoms. The molecule has 0 fully saturated rings. The molecule has 6 nitrogen and oxygen atoms in total. The van der Waals surface area contributed by atoms with Crippen molar-refractivity contribution in [1.29, 1.82) is 0 Å². The van der Waals surface area contributed by atoms with Crippen molar-refractivity contribution in [3.63, 3.8) is 0 Å². The van der Waals surface area contributed by atoms with Crippen LogP contribution in [0.1, 0.15) is 5.56 Å². The molecule has 4 aromatic rings. The monoisotopic (exact) mass is 399 g/mol. The Hall–Kier alpha value is -4.06. The zero-order valence-corrected chi connectivity index (χ0v) is 16.5. The van der Waals surface area contributed by atoms with Crippen molar-refractivity contribution in [2.24, 2.45) is 0 Å². The number of para-hydroxylation sites is 1. The lowest BCUT2D eigenvalue weighted by Crippen LogP contribution is -2.29. The lowest BCUT2D eigenvalue weighted by Gasteiger charge is -2.16. The third-order valence-corrected chi connectivity index (χ3v) is 4.59. The molecule has 0 aliphatic heterocycles. The molecule has 0 radical (unpaired) electrons. The average molecular weight is 399 g/mol. The molecule has 0 saturated heterocycles. The van der Waals surface area contributed by atoms with Gasteiger partial charge in [0.15, 0.2) is 0 Å². The summed E-state index contributed by atoms with van der Waals surface area (Å²) in [7, 11) is 1.68. The van der Waals surface area contributed by atoms with Gasteiger partial charge in [-0.05, 0) is 54.1 Å². The third-order valence-electron chi connectivity index (χ3n) is 4.59. The zero-order valence-electron chi connectivity index (χ0n) is 16.5. The van der Waals surface area contributed by atoms with Crippen LogP contribution in [-0.2, 0) is 6.61 Å². The molecule has 0 spiro atoms. The highest BCUT2D eigenvalue weighted by Gasteiger charge is 2.13. The highest BCUT2D eigenvalue weighted by atomic mass is 16.6. The summed E-state index contributed by atoms with van der Waals surface area (Å²) in [6, 6.07) is 24.4. The Bertz CT molecular complexity index is 1080. The van der Waals surface area contributed by atoms with Crippen molar-refractivity contribution < 1.29 is 14.3 Å². The van der Waals surface area contributed by atoms with Gasteiger partial charge in [0, 0.05) is 30.8 Å². The van der Waals surface area contributed by atoms with E-state index < -0.39 is 6.09 Å². The number of carbonyl (C=O) groups is 1. The van der Waals surface area contributed by atoms with Gasteiger partial charge >= 0.3 is 6.09 Å². The number of aromatic nitrogens is 2. The fourth-order valence-electron chi connectivity index (χ4n) is 2.87. The maximum atomic E-state index is 12.3. The van der Waals surface area contributed by atoms with Crippen molar-refractivity contribution in [2.75, 3.05) is 11.9 Å². The number of rotatable bonds is 6. The van der Waals surface area contributed by atoms with Crippen LogP contribution in [0.3, 0.4) is 0 Å². The molecule has 0 aliphatic carbocycles. The van der Waals surface area contributed by atoms with Gasteiger partial charge in [0.25, 0.3) is 0 Å². The van der Waals surface area contributed by atoms with E-state index in [1.807, 2.05) is 77.5 Å². The largest absolute Gasteiger partial charge is 0.489 e. The predicted octanol–water partition coefficient (Wildman–Crippen LogP) is 5.09. The molecule has 4 rings (SSSR count). The second-order valence-electron chi connectivity index (χ2n) is 6.66. The van der Waals surface area contributed by atoms with Crippen LogP contribution >= 0.6 is 0 Å². The van der Waals surface area contributed by atoms with Gasteiger partial charge in [-0.25, -0.2) is 9.78 Å². The quantitative estimate of drug-likeness (QED) is 0.453. The van der Waals surface area contributed by atoms with Crippen molar-refractivity contribution in [2.45, 2.75) is 6.61 Å². The molecular formula is C24H21N3O3. The summed E-state index contributed by atoms with van der Waals surface area (Å²) in [5.41, 5.74) is 2.77. The van der Waals surface area contributed by atoms with Gasteiger partial charge in [-0.3, -0.25) is 4.90 Å². The molecule has 1 amide bonds. The number of amides is 1. The third kappa shape index (κ3) is 4.67. The van der Waals surface area contributed by atoms with Crippen LogP contribution in [0.25, 0.3) is 5.69 Å². The maximum absolute atomic E-state index is 12.3. The van der Waals surface area contributed by atoms with Gasteiger partial charge in [-0.1, -0.05) is 30.3 Å². The summed E-state index contributed by atoms with van der Waals surface area (Å²) in [5, 5.41) is 0. The van der Waals surface area contributed by atoms with Crippen LogP contribution < -0.4 is 14.4 Å². The molecule has 0 N–H and O–H groups in total. The summed E-state index contributed by atoms with van der Waals surface area (Å²) in [6.45, 7) is 0.419. The van der Waals surface area contributed by atoms with E-state index >= 15 is 0 Å². The van der Waals surface area contributed by atoms with Gasteiger partial charge in [0.1, 0.15) is 18.1 Å². The molecule has 150 valence electrons. The Balaban J connectivity index is 1.31. The highest BCUT2D eigenvalue weighted by Crippen LogP contribution is 2.19. The van der Waals surface area contributed by atoms with Crippen molar-refractivity contribution >= 4 is 11.8 Å². The summed E-state index contributed by atoms with van der Waals surface area (Å²) < 4.78 is 13.2. The Morgan fingerprint density at radius 1 is 0.933 bits per heavy atom. The highest BCUT2D eigenvalue weighted by molar-refractivity contribution is 5.88. The van der Waals surface area contributed by atoms with Gasteiger partial charge in [-0.2, -0.15) is 0 Å². The van der Waals surface area contributed by atoms with Crippen LogP contribution in [-0.4, -0.2) is 22.7 Å². The minimum absolute atomic E-state index is 0.419. The number of imidazole rings is 1. The Kier molecular flexibility index (Phi) is 5.75. The summed E-state index contributed by atoms with van der Waals surface area (Å²) >= 11 is 0. The number of benzene rings is 3. The molecule has 0 aliphatic rings. The second-order valence-corrected chi connectivity index (χ2v) is 6.66. The van der Waals surface area contributed by atoms with E-state index in [0.717, 1.165) is 22.7 Å². The first-order valence-corrected chi connectivity index (χ1v) is 9.50. The molecule has 0 bridgehead atoms. The molecule has 1 heterocycles. The Morgan fingerprint density at radius 3 is 2.30 bits per heavy atom. The lowest BCUT2D eigenvalue weighted by molar-refractivity contribution is 0.209. The van der Waals surface area contributed by atoms with E-state index in [-0.39, 0.29) is 0 Å². The van der Waals surface area contributed by atoms with E-state index in [1.165, 1.54) is 4.90 Å². The number of nitrogens with zero attached hydrogens (tertiary/aromatic N) is 3. The second kappa shape index (κ2) is 8.96. The maximum Gasteiger partial charge on any atom is 0.419 e. The number of carbonyl (C=O) groups excluding carboxylic acids is 1. The fraction of sp³-hybridized carbons (Fsp3) is 0.0833. The first kappa shape index (κ1) is 19.3. The van der Waals surface area contributed by atoms with E-state index in [9.17, 15) is 4.79 Å². The first-order valence-electron chi connectivity index (χ1n) is 9.50. The molecule has 1 aromatic heterocycles. The van der Waals surface area contributed by atoms with Crippen LogP contribution in [0.4, 0.5) is 10.5 Å². The average Bonchev–Trinajstić information content (AvgIpc) is 3.34. The first-order chi connectivity index (χ1) is 14.7. The molecule has 3 aromatic carbocycles. The molecular weight excluding hydrogens is 378 g/mol. The van der Waals surface area contributed by atoms with Crippen LogP contribution in [0, 0.1) is 0 Å². The number of hydrogen-bond acceptors (Lipinski definition) is 4. The van der Waals surface area contributed by atoms with Gasteiger partial charge in [-0.15, -0.1) is 0 Å². The van der Waals surface area contributed by atoms with E-state index in [0.29, 0.717) is 12.4 Å². The van der Waals surface area contributed by atoms with Gasteiger partial charge in [0.2, 0.25) is 0 Å². The minimum Gasteiger partial charge on any atom is -0.489 e. The normalized spacial score (nSPS) is 10.4. The van der Waals surface area contributed by atoms with Crippen molar-refractivity contribution in [3.05, 3.63) is 103 Å². The SMILES string of the molecule is CN(C(=O)Oc1ccc(COc2ccc(-n3ccnc3)cc2)cc1)c1ccccc1. The van der Waals surface area contributed by atoms with Gasteiger partial charge < -0.3 is 14.0 Å². The summed E-state index contributed by atoms with van der Waals surface area (Å²) in [5.74, 6) is 1.26. The van der Waals surface area contributed by atoms with Crippen molar-refractivity contribution in [3.8, 4) is 17.2 Å². The summed E-state index contributed by atoms with van der Waals surface area (Å²) in [4.78, 5) is 17.8. The molecule has 0 unspecified atom stereocenters. The Morgan fingerprint density at radius 2 is 1.63 bits per heavy atom. The van der Waals surface area contributed by atoms with Crippen LogP contribution in [0.5, 0.6) is 11.5 Å². The van der Waals surface area contributed by atoms with E-state index in [4.69, 9.17) is 9.47 Å². The lowest BCUT2D eigenvalue weighted by atomic mass is 10.2. The number of hydrogen-bond donors (Lipinski definition) is 0. The molecule has 0 atom stereocenters. The standard InChI is InChI=1S/C24H21N3O3/c1-26(20-5-3-2-4-6-20)24(28)30-23-11-7-19(8-12-23)17-29-22-13-9-21(10-14-22)27-16-15-25-18-27/h2-16,18H,17H2,1H3. The summed E-state index contributed by atoms with van der Waals surface area (Å²) in [6.07, 6.45) is 4.94.